The van der Waals surface area contributed by atoms with Gasteiger partial charge >= 0.3 is 6.18 Å². The van der Waals surface area contributed by atoms with Crippen LogP contribution in [0.15, 0.2) is 6.07 Å². The van der Waals surface area contributed by atoms with Gasteiger partial charge in [-0.1, -0.05) is 0 Å². The number of hydrogen-bond acceptors (Lipinski definition) is 7. The van der Waals surface area contributed by atoms with Crippen LogP contribution in [0.5, 0.6) is 0 Å². The molecule has 0 radical (unpaired) electrons. The van der Waals surface area contributed by atoms with Crippen molar-refractivity contribution >= 4 is 27.7 Å². The van der Waals surface area contributed by atoms with Gasteiger partial charge in [0, 0.05) is 38.2 Å². The minimum Gasteiger partial charge on any atom is -0.356 e. The topological polar surface area (TPSA) is 95.5 Å². The molecule has 0 spiro atoms. The molecule has 0 aromatic carbocycles. The van der Waals surface area contributed by atoms with Gasteiger partial charge in [-0.15, -0.1) is 0 Å². The first-order valence-electron chi connectivity index (χ1n) is 9.41. The van der Waals surface area contributed by atoms with E-state index in [4.69, 9.17) is 0 Å². The standard InChI is InChI=1S/C17H22F3N5O3S/c1-9-3-4-25(9)16-21-13(17(18,19)20)6-14(22-16)24-7-11-10(12(11)8-24)5-15(26)23-29(2,27)28/h6,9-12H,3-5,7-8H2,1-2H3,(H,23,26)/t9-,10?,11?,12?/m0/s1. The van der Waals surface area contributed by atoms with Gasteiger partial charge in [-0.25, -0.2) is 13.4 Å². The van der Waals surface area contributed by atoms with Crippen molar-refractivity contribution in [3.05, 3.63) is 11.8 Å². The van der Waals surface area contributed by atoms with E-state index in [1.807, 2.05) is 11.6 Å². The summed E-state index contributed by atoms with van der Waals surface area (Å²) in [7, 11) is -3.59. The monoisotopic (exact) mass is 433 g/mol. The summed E-state index contributed by atoms with van der Waals surface area (Å²) in [5.41, 5.74) is -0.957. The van der Waals surface area contributed by atoms with Crippen LogP contribution >= 0.6 is 0 Å². The predicted molar refractivity (Wildman–Crippen MR) is 98.7 cm³/mol. The highest BCUT2D eigenvalue weighted by atomic mass is 32.2. The fourth-order valence-corrected chi connectivity index (χ4v) is 4.77. The number of sulfonamides is 1. The van der Waals surface area contributed by atoms with Crippen LogP contribution in [0.1, 0.15) is 25.5 Å². The number of nitrogens with zero attached hydrogens (tertiary/aromatic N) is 4. The maximum Gasteiger partial charge on any atom is 0.433 e. The predicted octanol–water partition coefficient (Wildman–Crippen LogP) is 1.24. The summed E-state index contributed by atoms with van der Waals surface area (Å²) in [6.07, 6.45) is -2.65. The Hall–Kier alpha value is -2.11. The molecule has 1 aliphatic carbocycles. The lowest BCUT2D eigenvalue weighted by molar-refractivity contribution is -0.141. The number of alkyl halides is 3. The molecular weight excluding hydrogens is 411 g/mol. The van der Waals surface area contributed by atoms with Gasteiger partial charge in [-0.05, 0) is 31.1 Å². The van der Waals surface area contributed by atoms with Crippen LogP contribution < -0.4 is 14.5 Å². The van der Waals surface area contributed by atoms with Gasteiger partial charge in [-0.3, -0.25) is 9.52 Å². The van der Waals surface area contributed by atoms with E-state index in [-0.39, 0.29) is 42.0 Å². The summed E-state index contributed by atoms with van der Waals surface area (Å²) in [5, 5.41) is 0. The molecule has 3 fully saturated rings. The van der Waals surface area contributed by atoms with Crippen LogP contribution in [0, 0.1) is 17.8 Å². The van der Waals surface area contributed by atoms with Crippen molar-refractivity contribution in [1.29, 1.82) is 0 Å². The number of aromatic nitrogens is 2. The molecule has 0 bridgehead atoms. The lowest BCUT2D eigenvalue weighted by atomic mass is 10.1. The molecule has 1 N–H and O–H groups in total. The van der Waals surface area contributed by atoms with Crippen LogP contribution in [0.25, 0.3) is 0 Å². The summed E-state index contributed by atoms with van der Waals surface area (Å²) in [6, 6.07) is 1.08. The van der Waals surface area contributed by atoms with Crippen molar-refractivity contribution in [2.45, 2.75) is 32.0 Å². The van der Waals surface area contributed by atoms with Crippen LogP contribution in [-0.4, -0.2) is 56.2 Å². The largest absolute Gasteiger partial charge is 0.433 e. The van der Waals surface area contributed by atoms with Gasteiger partial charge in [0.05, 0.1) is 6.26 Å². The summed E-state index contributed by atoms with van der Waals surface area (Å²) < 4.78 is 64.2. The molecule has 1 aromatic rings. The van der Waals surface area contributed by atoms with Crippen LogP contribution in [0.2, 0.25) is 0 Å². The average Bonchev–Trinajstić information content (AvgIpc) is 3.01. The summed E-state index contributed by atoms with van der Waals surface area (Å²) in [6.45, 7) is 3.53. The Balaban J connectivity index is 1.45. The third-order valence-electron chi connectivity index (χ3n) is 5.98. The van der Waals surface area contributed by atoms with Crippen molar-refractivity contribution in [3.8, 4) is 0 Å². The van der Waals surface area contributed by atoms with Crippen molar-refractivity contribution in [2.75, 3.05) is 35.7 Å². The Kier molecular flexibility index (Phi) is 4.67. The molecule has 3 atom stereocenters. The molecule has 2 unspecified atom stereocenters. The molecule has 2 aliphatic heterocycles. The third kappa shape index (κ3) is 4.12. The molecule has 2 saturated heterocycles. The SMILES string of the molecule is C[C@H]1CCN1c1nc(N2CC3C(CC(=O)NS(C)(=O)=O)C3C2)cc(C(F)(F)F)n1. The summed E-state index contributed by atoms with van der Waals surface area (Å²) in [5.74, 6) is 0.138. The number of amides is 1. The van der Waals surface area contributed by atoms with Gasteiger partial charge in [-0.2, -0.15) is 18.2 Å². The molecule has 3 heterocycles. The van der Waals surface area contributed by atoms with Crippen molar-refractivity contribution < 1.29 is 26.4 Å². The first-order valence-corrected chi connectivity index (χ1v) is 11.3. The molecule has 160 valence electrons. The fraction of sp³-hybridized carbons (Fsp3) is 0.706. The smallest absolute Gasteiger partial charge is 0.356 e. The highest BCUT2D eigenvalue weighted by molar-refractivity contribution is 7.89. The number of halogens is 3. The maximum absolute atomic E-state index is 13.3. The fourth-order valence-electron chi connectivity index (χ4n) is 4.27. The minimum atomic E-state index is -4.56. The number of carbonyl (C=O) groups excluding carboxylic acids is 1. The van der Waals surface area contributed by atoms with Crippen molar-refractivity contribution in [1.82, 2.24) is 14.7 Å². The molecule has 12 heteroatoms. The summed E-state index contributed by atoms with van der Waals surface area (Å²) in [4.78, 5) is 23.4. The number of hydrogen-bond donors (Lipinski definition) is 1. The van der Waals surface area contributed by atoms with E-state index in [9.17, 15) is 26.4 Å². The number of rotatable bonds is 5. The van der Waals surface area contributed by atoms with Gasteiger partial charge in [0.1, 0.15) is 5.82 Å². The van der Waals surface area contributed by atoms with E-state index in [2.05, 4.69) is 9.97 Å². The lowest BCUT2D eigenvalue weighted by Crippen LogP contribution is -2.47. The van der Waals surface area contributed by atoms with Crippen molar-refractivity contribution in [2.24, 2.45) is 17.8 Å². The lowest BCUT2D eigenvalue weighted by Gasteiger charge is -2.39. The molecule has 3 aliphatic rings. The quantitative estimate of drug-likeness (QED) is 0.747. The number of piperidine rings is 1. The van der Waals surface area contributed by atoms with E-state index in [0.717, 1.165) is 18.7 Å². The first kappa shape index (κ1) is 20.2. The van der Waals surface area contributed by atoms with E-state index < -0.39 is 27.8 Å². The highest BCUT2D eigenvalue weighted by Gasteiger charge is 2.56. The Labute approximate surface area is 166 Å². The first-order chi connectivity index (χ1) is 13.4. The molecule has 1 saturated carbocycles. The molecule has 29 heavy (non-hydrogen) atoms. The van der Waals surface area contributed by atoms with E-state index in [0.29, 0.717) is 19.6 Å². The second-order valence-corrected chi connectivity index (χ2v) is 9.89. The normalized spacial score (nSPS) is 28.7. The van der Waals surface area contributed by atoms with Gasteiger partial charge in [0.25, 0.3) is 0 Å². The van der Waals surface area contributed by atoms with Gasteiger partial charge < -0.3 is 9.80 Å². The Morgan fingerprint density at radius 3 is 2.41 bits per heavy atom. The molecule has 8 nitrogen and oxygen atoms in total. The zero-order valence-electron chi connectivity index (χ0n) is 16.0. The molecule has 1 amide bonds. The molecule has 4 rings (SSSR count). The zero-order valence-corrected chi connectivity index (χ0v) is 16.8. The number of carbonyl (C=O) groups is 1. The van der Waals surface area contributed by atoms with E-state index in [1.165, 1.54) is 0 Å². The molecule has 1 aromatic heterocycles. The van der Waals surface area contributed by atoms with Crippen LogP contribution in [0.3, 0.4) is 0 Å². The highest BCUT2D eigenvalue weighted by Crippen LogP contribution is 2.54. The number of nitrogens with one attached hydrogen (secondary N) is 1. The minimum absolute atomic E-state index is 0.0480. The second-order valence-electron chi connectivity index (χ2n) is 8.14. The Morgan fingerprint density at radius 1 is 1.28 bits per heavy atom. The Bertz CT molecular complexity index is 927. The van der Waals surface area contributed by atoms with E-state index in [1.54, 1.807) is 9.80 Å². The average molecular weight is 433 g/mol. The third-order valence-corrected chi connectivity index (χ3v) is 6.58. The zero-order chi connectivity index (χ0) is 21.1. The molecular formula is C17H22F3N5O3S. The number of fused-ring (bicyclic) bond motifs is 1. The van der Waals surface area contributed by atoms with Gasteiger partial charge in [0.15, 0.2) is 5.69 Å². The second kappa shape index (κ2) is 6.71. The van der Waals surface area contributed by atoms with Crippen LogP contribution in [0.4, 0.5) is 24.9 Å². The Morgan fingerprint density at radius 2 is 1.93 bits per heavy atom. The van der Waals surface area contributed by atoms with E-state index >= 15 is 0 Å². The maximum atomic E-state index is 13.3. The van der Waals surface area contributed by atoms with Gasteiger partial charge in [0.2, 0.25) is 21.9 Å². The number of anilines is 2. The van der Waals surface area contributed by atoms with Crippen molar-refractivity contribution in [3.63, 3.8) is 0 Å². The summed E-state index contributed by atoms with van der Waals surface area (Å²) >= 11 is 0. The van der Waals surface area contributed by atoms with Crippen LogP contribution in [-0.2, 0) is 21.0 Å².